The molecule has 0 bridgehead atoms. The van der Waals surface area contributed by atoms with Gasteiger partial charge in [0.15, 0.2) is 11.3 Å². The molecule has 0 spiro atoms. The maximum Gasteiger partial charge on any atom is 0.323 e. The molecule has 0 saturated heterocycles. The lowest BCUT2D eigenvalue weighted by Crippen LogP contribution is -2.43. The Morgan fingerprint density at radius 2 is 1.07 bits per heavy atom. The Morgan fingerprint density at radius 1 is 0.667 bits per heavy atom. The lowest BCUT2D eigenvalue weighted by atomic mass is 9.77. The number of carbonyl (C=O) groups is 4. The van der Waals surface area contributed by atoms with Gasteiger partial charge in [-0.1, -0.05) is 13.3 Å². The highest BCUT2D eigenvalue weighted by molar-refractivity contribution is 6.00. The molecule has 0 amide bonds. The third-order valence-electron chi connectivity index (χ3n) is 4.01. The molecule has 8 heteroatoms. The minimum absolute atomic E-state index is 0.0825. The standard InChI is InChI=1S/C19H32O8/c1-6-12-19(17(22)26-9-4,18(23)27-10-5)13-11-14(15(20)24-7-2)16(21)25-8-3/h14H,6-13H2,1-5H3. The van der Waals surface area contributed by atoms with Crippen LogP contribution in [0.2, 0.25) is 0 Å². The molecule has 0 aromatic carbocycles. The first kappa shape index (κ1) is 24.9. The molecule has 0 N–H and O–H groups in total. The highest BCUT2D eigenvalue weighted by Crippen LogP contribution is 2.35. The molecule has 0 aliphatic heterocycles. The summed E-state index contributed by atoms with van der Waals surface area (Å²) in [5, 5.41) is 0. The molecule has 0 atom stereocenters. The number of hydrogen-bond donors (Lipinski definition) is 0. The van der Waals surface area contributed by atoms with Gasteiger partial charge in [-0.2, -0.15) is 0 Å². The first-order chi connectivity index (χ1) is 12.8. The highest BCUT2D eigenvalue weighted by atomic mass is 16.6. The van der Waals surface area contributed by atoms with E-state index in [2.05, 4.69) is 0 Å². The van der Waals surface area contributed by atoms with E-state index in [4.69, 9.17) is 18.9 Å². The Balaban J connectivity index is 5.69. The number of esters is 4. The second-order valence-corrected chi connectivity index (χ2v) is 5.87. The van der Waals surface area contributed by atoms with Crippen molar-refractivity contribution in [2.45, 2.75) is 60.3 Å². The topological polar surface area (TPSA) is 105 Å². The monoisotopic (exact) mass is 388 g/mol. The first-order valence-corrected chi connectivity index (χ1v) is 9.52. The summed E-state index contributed by atoms with van der Waals surface area (Å²) in [5.74, 6) is -4.12. The van der Waals surface area contributed by atoms with Gasteiger partial charge in [-0.15, -0.1) is 0 Å². The Kier molecular flexibility index (Phi) is 12.1. The van der Waals surface area contributed by atoms with Crippen LogP contribution in [0.3, 0.4) is 0 Å². The Labute approximate surface area is 160 Å². The fraction of sp³-hybridized carbons (Fsp3) is 0.789. The maximum absolute atomic E-state index is 12.6. The summed E-state index contributed by atoms with van der Waals surface area (Å²) >= 11 is 0. The fourth-order valence-electron chi connectivity index (χ4n) is 2.79. The van der Waals surface area contributed by atoms with Crippen LogP contribution in [0.1, 0.15) is 60.3 Å². The third-order valence-corrected chi connectivity index (χ3v) is 4.01. The van der Waals surface area contributed by atoms with Crippen LogP contribution in [-0.2, 0) is 38.1 Å². The molecule has 0 aromatic rings. The van der Waals surface area contributed by atoms with Gasteiger partial charge in [-0.3, -0.25) is 19.2 Å². The van der Waals surface area contributed by atoms with Crippen molar-refractivity contribution < 1.29 is 38.1 Å². The molecule has 0 rings (SSSR count). The van der Waals surface area contributed by atoms with Crippen molar-refractivity contribution in [3.05, 3.63) is 0 Å². The van der Waals surface area contributed by atoms with Gasteiger partial charge < -0.3 is 18.9 Å². The van der Waals surface area contributed by atoms with E-state index < -0.39 is 35.2 Å². The third kappa shape index (κ3) is 7.19. The zero-order valence-corrected chi connectivity index (χ0v) is 17.0. The summed E-state index contributed by atoms with van der Waals surface area (Å²) in [6, 6.07) is 0. The predicted molar refractivity (Wildman–Crippen MR) is 96.6 cm³/mol. The van der Waals surface area contributed by atoms with Crippen LogP contribution < -0.4 is 0 Å². The van der Waals surface area contributed by atoms with Gasteiger partial charge in [0.25, 0.3) is 0 Å². The number of carbonyl (C=O) groups excluding carboxylic acids is 4. The van der Waals surface area contributed by atoms with Crippen LogP contribution >= 0.6 is 0 Å². The van der Waals surface area contributed by atoms with Crippen LogP contribution in [-0.4, -0.2) is 50.3 Å². The molecule has 0 heterocycles. The van der Waals surface area contributed by atoms with Gasteiger partial charge in [0, 0.05) is 0 Å². The van der Waals surface area contributed by atoms with Crippen LogP contribution in [0.15, 0.2) is 0 Å². The molecular weight excluding hydrogens is 356 g/mol. The van der Waals surface area contributed by atoms with Gasteiger partial charge >= 0.3 is 23.9 Å². The van der Waals surface area contributed by atoms with Gasteiger partial charge in [0.2, 0.25) is 0 Å². The van der Waals surface area contributed by atoms with Crippen molar-refractivity contribution in [1.29, 1.82) is 0 Å². The maximum atomic E-state index is 12.6. The SMILES string of the molecule is CCCC(CCC(C(=O)OCC)C(=O)OCC)(C(=O)OCC)C(=O)OCC. The van der Waals surface area contributed by atoms with E-state index in [1.165, 1.54) is 0 Å². The summed E-state index contributed by atoms with van der Waals surface area (Å²) < 4.78 is 20.1. The first-order valence-electron chi connectivity index (χ1n) is 9.52. The minimum atomic E-state index is -1.57. The average Bonchev–Trinajstić information content (AvgIpc) is 2.61. The predicted octanol–water partition coefficient (Wildman–Crippen LogP) is 2.42. The van der Waals surface area contributed by atoms with Gasteiger partial charge in [-0.05, 0) is 47.0 Å². The van der Waals surface area contributed by atoms with Gasteiger partial charge in [-0.25, -0.2) is 0 Å². The molecule has 156 valence electrons. The largest absolute Gasteiger partial charge is 0.465 e. The summed E-state index contributed by atoms with van der Waals surface area (Å²) in [7, 11) is 0. The van der Waals surface area contributed by atoms with Crippen molar-refractivity contribution in [1.82, 2.24) is 0 Å². The Morgan fingerprint density at radius 3 is 1.41 bits per heavy atom. The van der Waals surface area contributed by atoms with Crippen LogP contribution in [0, 0.1) is 11.3 Å². The van der Waals surface area contributed by atoms with Gasteiger partial charge in [0.1, 0.15) is 0 Å². The van der Waals surface area contributed by atoms with Crippen LogP contribution in [0.25, 0.3) is 0 Å². The lowest BCUT2D eigenvalue weighted by molar-refractivity contribution is -0.176. The quantitative estimate of drug-likeness (QED) is 0.269. The van der Waals surface area contributed by atoms with E-state index in [1.807, 2.05) is 6.92 Å². The van der Waals surface area contributed by atoms with Crippen LogP contribution in [0.5, 0.6) is 0 Å². The second kappa shape index (κ2) is 13.1. The van der Waals surface area contributed by atoms with E-state index in [1.54, 1.807) is 27.7 Å². The lowest BCUT2D eigenvalue weighted by Gasteiger charge is -2.29. The zero-order valence-electron chi connectivity index (χ0n) is 17.0. The van der Waals surface area contributed by atoms with Crippen LogP contribution in [0.4, 0.5) is 0 Å². The van der Waals surface area contributed by atoms with Crippen molar-refractivity contribution in [3.63, 3.8) is 0 Å². The van der Waals surface area contributed by atoms with Crippen molar-refractivity contribution in [2.75, 3.05) is 26.4 Å². The van der Waals surface area contributed by atoms with Crippen molar-refractivity contribution in [3.8, 4) is 0 Å². The van der Waals surface area contributed by atoms with E-state index in [-0.39, 0.29) is 45.7 Å². The Bertz CT molecular complexity index is 464. The number of ether oxygens (including phenoxy) is 4. The second-order valence-electron chi connectivity index (χ2n) is 5.87. The van der Waals surface area contributed by atoms with Gasteiger partial charge in [0.05, 0.1) is 26.4 Å². The van der Waals surface area contributed by atoms with Crippen molar-refractivity contribution in [2.24, 2.45) is 11.3 Å². The normalized spacial score (nSPS) is 11.0. The molecule has 0 aromatic heterocycles. The molecule has 0 unspecified atom stereocenters. The molecule has 0 saturated carbocycles. The molecule has 0 radical (unpaired) electrons. The minimum Gasteiger partial charge on any atom is -0.465 e. The molecule has 0 aliphatic carbocycles. The summed E-state index contributed by atoms with van der Waals surface area (Å²) in [6.45, 7) is 8.75. The van der Waals surface area contributed by atoms with E-state index in [0.717, 1.165) is 0 Å². The summed E-state index contributed by atoms with van der Waals surface area (Å²) in [6.07, 6.45) is 0.528. The molecule has 27 heavy (non-hydrogen) atoms. The molecule has 0 fully saturated rings. The van der Waals surface area contributed by atoms with Crippen molar-refractivity contribution >= 4 is 23.9 Å². The smallest absolute Gasteiger partial charge is 0.323 e. The van der Waals surface area contributed by atoms with E-state index in [0.29, 0.717) is 6.42 Å². The van der Waals surface area contributed by atoms with E-state index >= 15 is 0 Å². The summed E-state index contributed by atoms with van der Waals surface area (Å²) in [5.41, 5.74) is -1.57. The number of hydrogen-bond acceptors (Lipinski definition) is 8. The summed E-state index contributed by atoms with van der Waals surface area (Å²) in [4.78, 5) is 49.6. The average molecular weight is 388 g/mol. The fourth-order valence-corrected chi connectivity index (χ4v) is 2.79. The molecule has 8 nitrogen and oxygen atoms in total. The molecular formula is C19H32O8. The molecule has 0 aliphatic rings. The Hall–Kier alpha value is -2.12. The zero-order chi connectivity index (χ0) is 20.9. The highest BCUT2D eigenvalue weighted by Gasteiger charge is 2.49. The number of rotatable bonds is 13. The van der Waals surface area contributed by atoms with E-state index in [9.17, 15) is 19.2 Å².